The third-order valence-corrected chi connectivity index (χ3v) is 5.34. The minimum atomic E-state index is -1.33. The Kier molecular flexibility index (Phi) is 8.33. The molecule has 2 N–H and O–H groups in total. The fourth-order valence-electron chi connectivity index (χ4n) is 2.84. The van der Waals surface area contributed by atoms with Gasteiger partial charge in [0.1, 0.15) is 6.61 Å². The Bertz CT molecular complexity index is 1150. The van der Waals surface area contributed by atoms with E-state index in [0.717, 1.165) is 9.13 Å². The van der Waals surface area contributed by atoms with Crippen molar-refractivity contribution in [2.24, 2.45) is 5.10 Å². The van der Waals surface area contributed by atoms with Crippen LogP contribution in [0, 0.1) is 13.7 Å². The molecule has 3 aromatic rings. The third kappa shape index (κ3) is 6.49. The van der Waals surface area contributed by atoms with Crippen molar-refractivity contribution < 1.29 is 24.3 Å². The molecule has 0 aliphatic heterocycles. The topological polar surface area (TPSA) is 123 Å². The lowest BCUT2D eigenvalue weighted by molar-refractivity contribution is -0.384. The zero-order valence-electron chi connectivity index (χ0n) is 17.5. The van der Waals surface area contributed by atoms with Crippen LogP contribution in [-0.2, 0) is 11.4 Å². The van der Waals surface area contributed by atoms with Crippen LogP contribution in [-0.4, -0.2) is 29.3 Å². The van der Waals surface area contributed by atoms with E-state index in [1.165, 1.54) is 25.5 Å². The van der Waals surface area contributed by atoms with Crippen molar-refractivity contribution in [2.75, 3.05) is 7.11 Å². The number of hydrazone groups is 1. The summed E-state index contributed by atoms with van der Waals surface area (Å²) in [5.74, 6) is 0.320. The molecule has 9 nitrogen and oxygen atoms in total. The number of nitro groups is 1. The quantitative estimate of drug-likeness (QED) is 0.177. The molecule has 0 bridgehead atoms. The summed E-state index contributed by atoms with van der Waals surface area (Å²) in [5, 5.41) is 24.8. The van der Waals surface area contributed by atoms with Crippen molar-refractivity contribution in [1.29, 1.82) is 0 Å². The second-order valence-electron chi connectivity index (χ2n) is 6.79. The molecular weight excluding hydrogens is 541 g/mol. The number of benzene rings is 3. The second-order valence-corrected chi connectivity index (χ2v) is 7.96. The number of hydrogen-bond donors (Lipinski definition) is 2. The molecular formula is C23H20IN3O6. The fourth-order valence-corrected chi connectivity index (χ4v) is 3.62. The van der Waals surface area contributed by atoms with Gasteiger partial charge in [0, 0.05) is 12.1 Å². The summed E-state index contributed by atoms with van der Waals surface area (Å²) in [5.41, 5.74) is 4.21. The van der Waals surface area contributed by atoms with Gasteiger partial charge in [-0.1, -0.05) is 30.3 Å². The van der Waals surface area contributed by atoms with Gasteiger partial charge in [-0.2, -0.15) is 5.10 Å². The number of nitro benzene ring substituents is 1. The van der Waals surface area contributed by atoms with Gasteiger partial charge in [-0.05, 0) is 63.5 Å². The molecule has 0 aliphatic rings. The monoisotopic (exact) mass is 561 g/mol. The summed E-state index contributed by atoms with van der Waals surface area (Å²) < 4.78 is 12.0. The first-order chi connectivity index (χ1) is 15.9. The van der Waals surface area contributed by atoms with Crippen LogP contribution in [0.4, 0.5) is 5.69 Å². The maximum absolute atomic E-state index is 12.1. The van der Waals surface area contributed by atoms with Crippen LogP contribution in [0.2, 0.25) is 0 Å². The van der Waals surface area contributed by atoms with E-state index in [1.54, 1.807) is 54.6 Å². The van der Waals surface area contributed by atoms with E-state index in [1.807, 2.05) is 0 Å². The van der Waals surface area contributed by atoms with Crippen molar-refractivity contribution in [2.45, 2.75) is 12.7 Å². The molecule has 0 heterocycles. The van der Waals surface area contributed by atoms with E-state index in [0.29, 0.717) is 22.6 Å². The van der Waals surface area contributed by atoms with Crippen LogP contribution in [0.15, 0.2) is 71.8 Å². The molecule has 1 atom stereocenters. The van der Waals surface area contributed by atoms with Crippen molar-refractivity contribution in [3.05, 3.63) is 97.1 Å². The molecule has 1 amide bonds. The van der Waals surface area contributed by atoms with E-state index in [4.69, 9.17) is 9.47 Å². The van der Waals surface area contributed by atoms with Crippen LogP contribution >= 0.6 is 22.6 Å². The molecule has 0 saturated carbocycles. The number of ether oxygens (including phenoxy) is 2. The summed E-state index contributed by atoms with van der Waals surface area (Å²) in [6.07, 6.45) is 0.105. The summed E-state index contributed by atoms with van der Waals surface area (Å²) in [6, 6.07) is 18.1. The van der Waals surface area contributed by atoms with Crippen LogP contribution in [0.3, 0.4) is 0 Å². The minimum Gasteiger partial charge on any atom is -0.493 e. The number of nitrogens with zero attached hydrogens (tertiary/aromatic N) is 2. The van der Waals surface area contributed by atoms with Gasteiger partial charge in [-0.3, -0.25) is 14.9 Å². The Morgan fingerprint density at radius 3 is 2.55 bits per heavy atom. The average Bonchev–Trinajstić information content (AvgIpc) is 2.83. The number of aliphatic hydroxyl groups is 1. The average molecular weight is 561 g/mol. The number of nitrogens with one attached hydrogen (secondary N) is 1. The van der Waals surface area contributed by atoms with Crippen LogP contribution in [0.25, 0.3) is 0 Å². The number of carbonyl (C=O) groups excluding carboxylic acids is 1. The van der Waals surface area contributed by atoms with Crippen molar-refractivity contribution >= 4 is 40.4 Å². The minimum absolute atomic E-state index is 0.0120. The first kappa shape index (κ1) is 24.1. The van der Waals surface area contributed by atoms with Gasteiger partial charge in [0.05, 0.1) is 21.8 Å². The smallest absolute Gasteiger partial charge is 0.273 e. The number of methoxy groups -OCH3 is 1. The third-order valence-electron chi connectivity index (χ3n) is 4.53. The number of halogens is 1. The number of rotatable bonds is 9. The highest BCUT2D eigenvalue weighted by molar-refractivity contribution is 14.1. The number of non-ortho nitro benzene ring substituents is 1. The van der Waals surface area contributed by atoms with Gasteiger partial charge in [0.25, 0.3) is 11.6 Å². The predicted octanol–water partition coefficient (Wildman–Crippen LogP) is 3.97. The van der Waals surface area contributed by atoms with E-state index in [-0.39, 0.29) is 12.3 Å². The second kappa shape index (κ2) is 11.4. The van der Waals surface area contributed by atoms with Gasteiger partial charge in [0.2, 0.25) is 0 Å². The normalized spacial score (nSPS) is 11.7. The Labute approximate surface area is 203 Å². The van der Waals surface area contributed by atoms with Crippen molar-refractivity contribution in [3.63, 3.8) is 0 Å². The highest BCUT2D eigenvalue weighted by Gasteiger charge is 2.16. The zero-order chi connectivity index (χ0) is 23.8. The molecule has 0 fully saturated rings. The SMILES string of the molecule is COc1cc(/C=N\NC(=O)[C@@H](O)c2ccccc2)cc(I)c1OCc1ccc([N+](=O)[O-])cc1. The van der Waals surface area contributed by atoms with E-state index < -0.39 is 16.9 Å². The summed E-state index contributed by atoms with van der Waals surface area (Å²) >= 11 is 2.09. The molecule has 0 aromatic heterocycles. The summed E-state index contributed by atoms with van der Waals surface area (Å²) in [6.45, 7) is 0.200. The summed E-state index contributed by atoms with van der Waals surface area (Å²) in [7, 11) is 1.50. The standard InChI is InChI=1S/C23H20IN3O6/c1-32-20-12-16(13-25-26-23(29)21(28)17-5-3-2-4-6-17)11-19(24)22(20)33-14-15-7-9-18(10-8-15)27(30)31/h2-13,21,28H,14H2,1H3,(H,26,29)/b25-13-/t21-/m0/s1. The highest BCUT2D eigenvalue weighted by Crippen LogP contribution is 2.34. The molecule has 3 aromatic carbocycles. The van der Waals surface area contributed by atoms with Crippen LogP contribution < -0.4 is 14.9 Å². The molecule has 0 spiro atoms. The lowest BCUT2D eigenvalue weighted by atomic mass is 10.1. The molecule has 10 heteroatoms. The first-order valence-electron chi connectivity index (χ1n) is 9.68. The van der Waals surface area contributed by atoms with E-state index in [9.17, 15) is 20.0 Å². The molecule has 33 heavy (non-hydrogen) atoms. The predicted molar refractivity (Wildman–Crippen MR) is 130 cm³/mol. The van der Waals surface area contributed by atoms with Gasteiger partial charge in [-0.25, -0.2) is 5.43 Å². The largest absolute Gasteiger partial charge is 0.493 e. The molecule has 0 radical (unpaired) electrons. The molecule has 0 unspecified atom stereocenters. The van der Waals surface area contributed by atoms with Crippen LogP contribution in [0.5, 0.6) is 11.5 Å². The maximum atomic E-state index is 12.1. The van der Waals surface area contributed by atoms with Gasteiger partial charge in [-0.15, -0.1) is 0 Å². The Balaban J connectivity index is 1.65. The van der Waals surface area contributed by atoms with Crippen molar-refractivity contribution in [1.82, 2.24) is 5.43 Å². The summed E-state index contributed by atoms with van der Waals surface area (Å²) in [4.78, 5) is 22.4. The molecule has 170 valence electrons. The van der Waals surface area contributed by atoms with Crippen molar-refractivity contribution in [3.8, 4) is 11.5 Å². The first-order valence-corrected chi connectivity index (χ1v) is 10.8. The number of hydrogen-bond acceptors (Lipinski definition) is 7. The Hall–Kier alpha value is -3.51. The van der Waals surface area contributed by atoms with Crippen LogP contribution in [0.1, 0.15) is 22.8 Å². The lowest BCUT2D eigenvalue weighted by Crippen LogP contribution is -2.25. The van der Waals surface area contributed by atoms with Gasteiger partial charge >= 0.3 is 0 Å². The molecule has 0 aliphatic carbocycles. The Morgan fingerprint density at radius 1 is 1.21 bits per heavy atom. The fraction of sp³-hybridized carbons (Fsp3) is 0.130. The van der Waals surface area contributed by atoms with Gasteiger partial charge < -0.3 is 14.6 Å². The molecule has 3 rings (SSSR count). The highest BCUT2D eigenvalue weighted by atomic mass is 127. The number of amides is 1. The van der Waals surface area contributed by atoms with E-state index >= 15 is 0 Å². The van der Waals surface area contributed by atoms with Gasteiger partial charge in [0.15, 0.2) is 17.6 Å². The molecule has 0 saturated heterocycles. The van der Waals surface area contributed by atoms with E-state index in [2.05, 4.69) is 33.1 Å². The number of carbonyl (C=O) groups is 1. The zero-order valence-corrected chi connectivity index (χ0v) is 19.6. The number of aliphatic hydroxyl groups excluding tert-OH is 1. The maximum Gasteiger partial charge on any atom is 0.273 e. The lowest BCUT2D eigenvalue weighted by Gasteiger charge is -2.13. The Morgan fingerprint density at radius 2 is 1.91 bits per heavy atom.